The van der Waals surface area contributed by atoms with Crippen molar-refractivity contribution in [3.63, 3.8) is 0 Å². The minimum atomic E-state index is -0.451. The Morgan fingerprint density at radius 2 is 1.28 bits per heavy atom. The molecule has 0 bridgehead atoms. The summed E-state index contributed by atoms with van der Waals surface area (Å²) >= 11 is 0. The number of carbonyl (C=O) groups excluding carboxylic acids is 2. The quantitative estimate of drug-likeness (QED) is 0.595. The van der Waals surface area contributed by atoms with E-state index < -0.39 is 11.9 Å². The second-order valence-corrected chi connectivity index (χ2v) is 3.61. The lowest BCUT2D eigenvalue weighted by Crippen LogP contribution is -2.14. The molecule has 0 heterocycles. The van der Waals surface area contributed by atoms with Crippen LogP contribution < -0.4 is 20.9 Å². The highest BCUT2D eigenvalue weighted by atomic mass is 16.5. The van der Waals surface area contributed by atoms with Crippen LogP contribution in [0.25, 0.3) is 0 Å². The van der Waals surface area contributed by atoms with Crippen molar-refractivity contribution >= 4 is 11.9 Å². The number of hydrogen-bond donors (Lipinski definition) is 2. The molecule has 0 spiro atoms. The van der Waals surface area contributed by atoms with Crippen molar-refractivity contribution in [3.8, 4) is 11.5 Å². The molecule has 1 rings (SSSR count). The lowest BCUT2D eigenvalue weighted by Gasteiger charge is -2.15. The van der Waals surface area contributed by atoms with E-state index in [0.717, 1.165) is 0 Å². The molecule has 6 heteroatoms. The van der Waals surface area contributed by atoms with Gasteiger partial charge in [0.15, 0.2) is 0 Å². The molecular formula is C12H16N2O4. The van der Waals surface area contributed by atoms with Crippen LogP contribution >= 0.6 is 0 Å². The van der Waals surface area contributed by atoms with Crippen molar-refractivity contribution in [2.75, 3.05) is 0 Å². The molecule has 0 radical (unpaired) electrons. The van der Waals surface area contributed by atoms with Gasteiger partial charge in [-0.25, -0.2) is 0 Å². The summed E-state index contributed by atoms with van der Waals surface area (Å²) in [6, 6.07) is 3.06. The van der Waals surface area contributed by atoms with Gasteiger partial charge in [-0.1, -0.05) is 0 Å². The van der Waals surface area contributed by atoms with Gasteiger partial charge in [-0.05, 0) is 12.1 Å². The minimum absolute atomic E-state index is 0.129. The molecule has 98 valence electrons. The van der Waals surface area contributed by atoms with E-state index in [9.17, 15) is 9.59 Å². The number of hydrogen-bond acceptors (Lipinski definition) is 6. The summed E-state index contributed by atoms with van der Waals surface area (Å²) < 4.78 is 10.0. The van der Waals surface area contributed by atoms with Gasteiger partial charge < -0.3 is 20.9 Å². The Hall–Kier alpha value is -1.92. The van der Waals surface area contributed by atoms with E-state index in [1.807, 2.05) is 0 Å². The fourth-order valence-electron chi connectivity index (χ4n) is 1.60. The predicted molar refractivity (Wildman–Crippen MR) is 64.8 cm³/mol. The van der Waals surface area contributed by atoms with Crippen LogP contribution in [-0.2, 0) is 22.7 Å². The van der Waals surface area contributed by atoms with E-state index in [-0.39, 0.29) is 13.1 Å². The third-order valence-electron chi connectivity index (χ3n) is 2.26. The number of ether oxygens (including phenoxy) is 2. The Labute approximate surface area is 105 Å². The van der Waals surface area contributed by atoms with E-state index in [4.69, 9.17) is 20.9 Å². The average molecular weight is 252 g/mol. The van der Waals surface area contributed by atoms with E-state index in [2.05, 4.69) is 0 Å². The topological polar surface area (TPSA) is 105 Å². The number of carbonyl (C=O) groups is 2. The molecule has 0 saturated carbocycles. The molecule has 1 aromatic carbocycles. The zero-order chi connectivity index (χ0) is 13.7. The Balaban J connectivity index is 3.26. The zero-order valence-electron chi connectivity index (χ0n) is 10.4. The maximum absolute atomic E-state index is 11.0. The van der Waals surface area contributed by atoms with Gasteiger partial charge >= 0.3 is 11.9 Å². The number of benzene rings is 1. The van der Waals surface area contributed by atoms with Crippen molar-refractivity contribution in [2.45, 2.75) is 26.9 Å². The van der Waals surface area contributed by atoms with Crippen molar-refractivity contribution in [2.24, 2.45) is 11.5 Å². The molecule has 1 aromatic rings. The van der Waals surface area contributed by atoms with Gasteiger partial charge in [0.1, 0.15) is 11.5 Å². The summed E-state index contributed by atoms with van der Waals surface area (Å²) in [5.74, 6) is -0.233. The highest BCUT2D eigenvalue weighted by Gasteiger charge is 2.15. The standard InChI is InChI=1S/C12H16N2O4/c1-7(15)17-11-3-4-12(18-8(2)16)10(6-14)9(11)5-13/h3-4H,5-6,13-14H2,1-2H3. The highest BCUT2D eigenvalue weighted by Crippen LogP contribution is 2.30. The van der Waals surface area contributed by atoms with Gasteiger partial charge in [0, 0.05) is 38.1 Å². The van der Waals surface area contributed by atoms with E-state index in [1.54, 1.807) is 0 Å². The Morgan fingerprint density at radius 1 is 0.944 bits per heavy atom. The Morgan fingerprint density at radius 3 is 1.50 bits per heavy atom. The van der Waals surface area contributed by atoms with Crippen LogP contribution in [0.1, 0.15) is 25.0 Å². The normalized spacial score (nSPS) is 10.0. The molecule has 0 unspecified atom stereocenters. The van der Waals surface area contributed by atoms with Crippen LogP contribution in [-0.4, -0.2) is 11.9 Å². The number of nitrogens with two attached hydrogens (primary N) is 2. The monoisotopic (exact) mass is 252 g/mol. The molecule has 6 nitrogen and oxygen atoms in total. The van der Waals surface area contributed by atoms with Gasteiger partial charge in [0.2, 0.25) is 0 Å². The first-order chi connectivity index (χ1) is 8.49. The molecule has 18 heavy (non-hydrogen) atoms. The third-order valence-corrected chi connectivity index (χ3v) is 2.26. The Kier molecular flexibility index (Phi) is 4.82. The summed E-state index contributed by atoms with van der Waals surface area (Å²) in [6.07, 6.45) is 0. The minimum Gasteiger partial charge on any atom is -0.426 e. The maximum atomic E-state index is 11.0. The molecule has 0 aliphatic heterocycles. The van der Waals surface area contributed by atoms with E-state index in [0.29, 0.717) is 22.6 Å². The molecular weight excluding hydrogens is 236 g/mol. The van der Waals surface area contributed by atoms with Crippen LogP contribution in [0.5, 0.6) is 11.5 Å². The molecule has 0 aliphatic rings. The van der Waals surface area contributed by atoms with E-state index >= 15 is 0 Å². The first-order valence-corrected chi connectivity index (χ1v) is 5.41. The van der Waals surface area contributed by atoms with Crippen molar-refractivity contribution in [3.05, 3.63) is 23.3 Å². The summed E-state index contributed by atoms with van der Waals surface area (Å²) in [4.78, 5) is 21.9. The molecule has 4 N–H and O–H groups in total. The smallest absolute Gasteiger partial charge is 0.308 e. The van der Waals surface area contributed by atoms with Gasteiger partial charge in [-0.3, -0.25) is 9.59 Å². The molecule has 0 atom stereocenters. The largest absolute Gasteiger partial charge is 0.426 e. The van der Waals surface area contributed by atoms with Crippen LogP contribution in [0.15, 0.2) is 12.1 Å². The molecule has 0 aromatic heterocycles. The summed E-state index contributed by atoms with van der Waals surface area (Å²) in [5.41, 5.74) is 12.4. The molecule has 0 saturated heterocycles. The molecule has 0 aliphatic carbocycles. The van der Waals surface area contributed by atoms with E-state index in [1.165, 1.54) is 26.0 Å². The second kappa shape index (κ2) is 6.13. The van der Waals surface area contributed by atoms with Gasteiger partial charge in [-0.15, -0.1) is 0 Å². The lowest BCUT2D eigenvalue weighted by atomic mass is 10.1. The number of rotatable bonds is 4. The van der Waals surface area contributed by atoms with Gasteiger partial charge in [-0.2, -0.15) is 0 Å². The number of esters is 2. The average Bonchev–Trinajstić information content (AvgIpc) is 2.29. The summed E-state index contributed by atoms with van der Waals surface area (Å²) in [7, 11) is 0. The first-order valence-electron chi connectivity index (χ1n) is 5.41. The molecule has 0 amide bonds. The zero-order valence-corrected chi connectivity index (χ0v) is 10.4. The van der Waals surface area contributed by atoms with Gasteiger partial charge in [0.05, 0.1) is 0 Å². The summed E-state index contributed by atoms with van der Waals surface area (Å²) in [5, 5.41) is 0. The van der Waals surface area contributed by atoms with Crippen molar-refractivity contribution < 1.29 is 19.1 Å². The first kappa shape index (κ1) is 14.1. The fourth-order valence-corrected chi connectivity index (χ4v) is 1.60. The third kappa shape index (κ3) is 3.28. The SMILES string of the molecule is CC(=O)Oc1ccc(OC(C)=O)c(CN)c1CN. The maximum Gasteiger partial charge on any atom is 0.308 e. The van der Waals surface area contributed by atoms with Crippen molar-refractivity contribution in [1.82, 2.24) is 0 Å². The lowest BCUT2D eigenvalue weighted by molar-refractivity contribution is -0.133. The van der Waals surface area contributed by atoms with Gasteiger partial charge in [0.25, 0.3) is 0 Å². The second-order valence-electron chi connectivity index (χ2n) is 3.61. The summed E-state index contributed by atoms with van der Waals surface area (Å²) in [6.45, 7) is 2.85. The van der Waals surface area contributed by atoms with Crippen LogP contribution in [0.4, 0.5) is 0 Å². The predicted octanol–water partition coefficient (Wildman–Crippen LogP) is 0.455. The highest BCUT2D eigenvalue weighted by molar-refractivity contribution is 5.72. The Bertz CT molecular complexity index is 428. The van der Waals surface area contributed by atoms with Crippen LogP contribution in [0, 0.1) is 0 Å². The van der Waals surface area contributed by atoms with Crippen LogP contribution in [0.2, 0.25) is 0 Å². The van der Waals surface area contributed by atoms with Crippen LogP contribution in [0.3, 0.4) is 0 Å². The van der Waals surface area contributed by atoms with Crippen molar-refractivity contribution in [1.29, 1.82) is 0 Å². The molecule has 0 fully saturated rings. The fraction of sp³-hybridized carbons (Fsp3) is 0.333.